The number of carbonyl (C=O) groups is 2. The first-order chi connectivity index (χ1) is 14.3. The van der Waals surface area contributed by atoms with Crippen LogP contribution < -0.4 is 0 Å². The second-order valence-corrected chi connectivity index (χ2v) is 10.8. The van der Waals surface area contributed by atoms with Crippen LogP contribution in [0.3, 0.4) is 0 Å². The van der Waals surface area contributed by atoms with Crippen LogP contribution in [-0.2, 0) is 19.1 Å². The molecule has 30 heavy (non-hydrogen) atoms. The number of carbonyl (C=O) groups excluding carboxylic acids is 2. The van der Waals surface area contributed by atoms with E-state index >= 15 is 0 Å². The normalized spacial score (nSPS) is 45.1. The van der Waals surface area contributed by atoms with Gasteiger partial charge in [-0.1, -0.05) is 13.5 Å². The van der Waals surface area contributed by atoms with E-state index in [-0.39, 0.29) is 29.3 Å². The summed E-state index contributed by atoms with van der Waals surface area (Å²) in [5.74, 6) is 1.94. The minimum absolute atomic E-state index is 0.102. The second kappa shape index (κ2) is 7.03. The van der Waals surface area contributed by atoms with Crippen LogP contribution in [0.25, 0.3) is 0 Å². The van der Waals surface area contributed by atoms with E-state index in [9.17, 15) is 14.7 Å². The molecule has 1 saturated heterocycles. The maximum absolute atomic E-state index is 12.1. The molecule has 1 N–H and O–H groups in total. The number of hydrogen-bond donors (Lipinski definition) is 1. The lowest BCUT2D eigenvalue weighted by Gasteiger charge is -2.57. The van der Waals surface area contributed by atoms with E-state index in [1.165, 1.54) is 25.3 Å². The predicted octanol–water partition coefficient (Wildman–Crippen LogP) is 3.60. The lowest BCUT2D eigenvalue weighted by Crippen LogP contribution is -2.52. The van der Waals surface area contributed by atoms with Crippen LogP contribution in [0.15, 0.2) is 23.8 Å². The third kappa shape index (κ3) is 2.81. The number of esters is 1. The molecule has 8 atom stereocenters. The molecule has 0 amide bonds. The summed E-state index contributed by atoms with van der Waals surface area (Å²) >= 11 is 0. The standard InChI is InChI=1S/C25H34O5/c1-14(12-29-23(28)15(2)26)18-4-5-19-17-11-22-21-10-16(27)6-9-25(21,13-30-22)20(17)7-8-24(18,19)3/h10,15,17-20,22,26H,1,4-9,11-13H2,2-3H3/t15?,17?,18-,19?,20?,22+,24-,25+/m1/s1. The molecular weight excluding hydrogens is 380 g/mol. The summed E-state index contributed by atoms with van der Waals surface area (Å²) in [7, 11) is 0. The lowest BCUT2D eigenvalue weighted by atomic mass is 9.46. The number of aliphatic hydroxyl groups excluding tert-OH is 1. The molecule has 2 bridgehead atoms. The van der Waals surface area contributed by atoms with E-state index < -0.39 is 12.1 Å². The van der Waals surface area contributed by atoms with Gasteiger partial charge in [-0.05, 0) is 91.8 Å². The summed E-state index contributed by atoms with van der Waals surface area (Å²) < 4.78 is 11.6. The smallest absolute Gasteiger partial charge is 0.334 e. The molecular formula is C25H34O5. The van der Waals surface area contributed by atoms with Crippen molar-refractivity contribution in [3.63, 3.8) is 0 Å². The van der Waals surface area contributed by atoms with E-state index in [1.54, 1.807) is 0 Å². The molecule has 1 heterocycles. The summed E-state index contributed by atoms with van der Waals surface area (Å²) in [5, 5.41) is 9.39. The van der Waals surface area contributed by atoms with Crippen molar-refractivity contribution in [3.8, 4) is 0 Å². The van der Waals surface area contributed by atoms with Crippen LogP contribution in [0.4, 0.5) is 0 Å². The van der Waals surface area contributed by atoms with Gasteiger partial charge in [0.25, 0.3) is 0 Å². The number of aliphatic hydroxyl groups is 1. The molecule has 5 aliphatic rings. The number of hydrogen-bond acceptors (Lipinski definition) is 5. The van der Waals surface area contributed by atoms with Gasteiger partial charge in [-0.15, -0.1) is 0 Å². The highest BCUT2D eigenvalue weighted by molar-refractivity contribution is 5.92. The number of ketones is 1. The first kappa shape index (κ1) is 20.4. The van der Waals surface area contributed by atoms with E-state index in [4.69, 9.17) is 9.47 Å². The van der Waals surface area contributed by atoms with Crippen molar-refractivity contribution < 1.29 is 24.2 Å². The van der Waals surface area contributed by atoms with Gasteiger partial charge in [-0.3, -0.25) is 4.79 Å². The van der Waals surface area contributed by atoms with Gasteiger partial charge in [0.05, 0.1) is 12.7 Å². The molecule has 0 aromatic rings. The van der Waals surface area contributed by atoms with Crippen molar-refractivity contribution in [3.05, 3.63) is 23.8 Å². The molecule has 4 fully saturated rings. The summed E-state index contributed by atoms with van der Waals surface area (Å²) in [6, 6.07) is 0. The average molecular weight is 415 g/mol. The van der Waals surface area contributed by atoms with Crippen molar-refractivity contribution in [1.29, 1.82) is 0 Å². The highest BCUT2D eigenvalue weighted by Crippen LogP contribution is 2.69. The largest absolute Gasteiger partial charge is 0.459 e. The fourth-order valence-electron chi connectivity index (χ4n) is 8.09. The van der Waals surface area contributed by atoms with Crippen molar-refractivity contribution in [1.82, 2.24) is 0 Å². The van der Waals surface area contributed by atoms with E-state index in [1.807, 2.05) is 6.08 Å². The Labute approximate surface area is 178 Å². The summed E-state index contributed by atoms with van der Waals surface area (Å²) in [6.07, 6.45) is 8.25. The van der Waals surface area contributed by atoms with Gasteiger partial charge in [0.2, 0.25) is 0 Å². The molecule has 0 aromatic heterocycles. The molecule has 3 saturated carbocycles. The molecule has 4 aliphatic carbocycles. The predicted molar refractivity (Wildman–Crippen MR) is 111 cm³/mol. The first-order valence-corrected chi connectivity index (χ1v) is 11.6. The maximum Gasteiger partial charge on any atom is 0.334 e. The Kier molecular flexibility index (Phi) is 4.79. The Morgan fingerprint density at radius 3 is 2.90 bits per heavy atom. The van der Waals surface area contributed by atoms with Crippen LogP contribution in [0.2, 0.25) is 0 Å². The van der Waals surface area contributed by atoms with Gasteiger partial charge in [0.15, 0.2) is 5.78 Å². The highest BCUT2D eigenvalue weighted by atomic mass is 16.5. The van der Waals surface area contributed by atoms with Gasteiger partial charge in [-0.25, -0.2) is 4.79 Å². The Hall–Kier alpha value is -1.46. The molecule has 5 heteroatoms. The van der Waals surface area contributed by atoms with Crippen LogP contribution >= 0.6 is 0 Å². The first-order valence-electron chi connectivity index (χ1n) is 11.6. The summed E-state index contributed by atoms with van der Waals surface area (Å²) in [4.78, 5) is 23.8. The molecule has 5 rings (SSSR count). The van der Waals surface area contributed by atoms with Crippen molar-refractivity contribution in [2.75, 3.05) is 13.2 Å². The van der Waals surface area contributed by atoms with Crippen LogP contribution in [0, 0.1) is 34.5 Å². The fraction of sp³-hybridized carbons (Fsp3) is 0.760. The average Bonchev–Trinajstić information content (AvgIpc) is 3.19. The van der Waals surface area contributed by atoms with Gasteiger partial charge in [-0.2, -0.15) is 0 Å². The van der Waals surface area contributed by atoms with Crippen LogP contribution in [-0.4, -0.2) is 42.3 Å². The zero-order valence-corrected chi connectivity index (χ0v) is 18.2. The van der Waals surface area contributed by atoms with Crippen molar-refractivity contribution >= 4 is 11.8 Å². The Bertz CT molecular complexity index is 812. The molecule has 0 spiro atoms. The topological polar surface area (TPSA) is 72.8 Å². The minimum Gasteiger partial charge on any atom is -0.459 e. The number of ether oxygens (including phenoxy) is 2. The lowest BCUT2D eigenvalue weighted by molar-refractivity contribution is -0.151. The maximum atomic E-state index is 12.1. The molecule has 4 unspecified atom stereocenters. The summed E-state index contributed by atoms with van der Waals surface area (Å²) in [6.45, 7) is 9.15. The summed E-state index contributed by atoms with van der Waals surface area (Å²) in [5.41, 5.74) is 2.58. The molecule has 5 nitrogen and oxygen atoms in total. The second-order valence-electron chi connectivity index (χ2n) is 10.8. The van der Waals surface area contributed by atoms with E-state index in [0.717, 1.165) is 37.9 Å². The molecule has 1 aliphatic heterocycles. The SMILES string of the molecule is C=C(COC(=O)C(C)O)[C@H]1CCC2C3C[C@@H]4OC[C@@]5(CCC(=O)C=C45)C3CC[C@@]21C. The Morgan fingerprint density at radius 1 is 1.33 bits per heavy atom. The van der Waals surface area contributed by atoms with Crippen molar-refractivity contribution in [2.45, 2.75) is 71.0 Å². The van der Waals surface area contributed by atoms with Gasteiger partial charge in [0.1, 0.15) is 12.7 Å². The zero-order valence-electron chi connectivity index (χ0n) is 18.2. The fourth-order valence-corrected chi connectivity index (χ4v) is 8.09. The molecule has 0 radical (unpaired) electrons. The van der Waals surface area contributed by atoms with Crippen LogP contribution in [0.1, 0.15) is 58.8 Å². The van der Waals surface area contributed by atoms with E-state index in [0.29, 0.717) is 30.1 Å². The number of fused-ring (bicyclic) bond motifs is 3. The quantitative estimate of drug-likeness (QED) is 0.562. The number of rotatable bonds is 4. The Balaban J connectivity index is 1.36. The van der Waals surface area contributed by atoms with Gasteiger partial charge >= 0.3 is 5.97 Å². The van der Waals surface area contributed by atoms with E-state index in [2.05, 4.69) is 13.5 Å². The minimum atomic E-state index is -1.10. The zero-order chi connectivity index (χ0) is 21.3. The highest BCUT2D eigenvalue weighted by Gasteiger charge is 2.64. The Morgan fingerprint density at radius 2 is 2.13 bits per heavy atom. The van der Waals surface area contributed by atoms with Crippen LogP contribution in [0.5, 0.6) is 0 Å². The molecule has 0 aromatic carbocycles. The third-order valence-corrected chi connectivity index (χ3v) is 9.46. The van der Waals surface area contributed by atoms with Crippen molar-refractivity contribution in [2.24, 2.45) is 34.5 Å². The third-order valence-electron chi connectivity index (χ3n) is 9.46. The van der Waals surface area contributed by atoms with Gasteiger partial charge in [0, 0.05) is 11.8 Å². The van der Waals surface area contributed by atoms with Gasteiger partial charge < -0.3 is 14.6 Å². The molecule has 164 valence electrons. The monoisotopic (exact) mass is 414 g/mol.